The van der Waals surface area contributed by atoms with Gasteiger partial charge in [0.2, 0.25) is 5.91 Å². The first-order valence-corrected chi connectivity index (χ1v) is 8.02. The maximum Gasteiger partial charge on any atom is 0.433 e. The summed E-state index contributed by atoms with van der Waals surface area (Å²) in [6.07, 6.45) is 1.35. The Morgan fingerprint density at radius 1 is 1.22 bits per heavy atom. The van der Waals surface area contributed by atoms with E-state index in [0.717, 1.165) is 38.2 Å². The number of carbonyl (C=O) groups is 1. The van der Waals surface area contributed by atoms with Crippen LogP contribution >= 0.6 is 0 Å². The van der Waals surface area contributed by atoms with Crippen LogP contribution in [0, 0.1) is 5.92 Å². The largest absolute Gasteiger partial charge is 0.433 e. The Morgan fingerprint density at radius 2 is 1.91 bits per heavy atom. The lowest BCUT2D eigenvalue weighted by Gasteiger charge is -2.35. The van der Waals surface area contributed by atoms with Gasteiger partial charge in [0.15, 0.2) is 0 Å². The van der Waals surface area contributed by atoms with Crippen molar-refractivity contribution >= 4 is 11.6 Å². The molecular formula is C16H20F3N3O. The van der Waals surface area contributed by atoms with Gasteiger partial charge in [-0.15, -0.1) is 0 Å². The number of rotatable bonds is 3. The molecule has 0 radical (unpaired) electrons. The molecule has 0 atom stereocenters. The van der Waals surface area contributed by atoms with Crippen LogP contribution in [-0.2, 0) is 11.0 Å². The third-order valence-electron chi connectivity index (χ3n) is 4.72. The van der Waals surface area contributed by atoms with Crippen molar-refractivity contribution in [3.05, 3.63) is 24.0 Å². The van der Waals surface area contributed by atoms with Gasteiger partial charge in [0, 0.05) is 36.9 Å². The van der Waals surface area contributed by atoms with Crippen molar-refractivity contribution in [2.45, 2.75) is 44.3 Å². The first-order valence-electron chi connectivity index (χ1n) is 8.02. The molecule has 1 aromatic heterocycles. The normalized spacial score (nSPS) is 20.2. The van der Waals surface area contributed by atoms with Gasteiger partial charge in [-0.25, -0.2) is 0 Å². The van der Waals surface area contributed by atoms with E-state index in [9.17, 15) is 18.0 Å². The average molecular weight is 327 g/mol. The van der Waals surface area contributed by atoms with Crippen molar-refractivity contribution in [1.29, 1.82) is 0 Å². The summed E-state index contributed by atoms with van der Waals surface area (Å²) in [5, 5.41) is 3.07. The predicted octanol–water partition coefficient (Wildman–Crippen LogP) is 2.99. The second kappa shape index (κ2) is 6.37. The SMILES string of the molecule is O=C(NC1CCN(c2ccnc(C(F)(F)F)c2)CC1)C1CCC1. The summed E-state index contributed by atoms with van der Waals surface area (Å²) in [5.74, 6) is 0.306. The van der Waals surface area contributed by atoms with Crippen LogP contribution in [0.2, 0.25) is 0 Å². The van der Waals surface area contributed by atoms with Crippen LogP contribution < -0.4 is 10.2 Å². The number of pyridine rings is 1. The predicted molar refractivity (Wildman–Crippen MR) is 80.0 cm³/mol. The summed E-state index contributed by atoms with van der Waals surface area (Å²) in [6.45, 7) is 1.27. The van der Waals surface area contributed by atoms with Gasteiger partial charge in [-0.1, -0.05) is 6.42 Å². The highest BCUT2D eigenvalue weighted by molar-refractivity contribution is 5.79. The van der Waals surface area contributed by atoms with E-state index in [0.29, 0.717) is 18.8 Å². The van der Waals surface area contributed by atoms with Crippen molar-refractivity contribution < 1.29 is 18.0 Å². The van der Waals surface area contributed by atoms with E-state index in [1.807, 2.05) is 4.90 Å². The molecule has 4 nitrogen and oxygen atoms in total. The summed E-state index contributed by atoms with van der Waals surface area (Å²) in [6, 6.07) is 2.82. The Balaban J connectivity index is 1.55. The minimum Gasteiger partial charge on any atom is -0.371 e. The van der Waals surface area contributed by atoms with Crippen molar-refractivity contribution in [2.24, 2.45) is 5.92 Å². The van der Waals surface area contributed by atoms with Crippen molar-refractivity contribution in [3.8, 4) is 0 Å². The zero-order valence-corrected chi connectivity index (χ0v) is 12.8. The summed E-state index contributed by atoms with van der Waals surface area (Å²) < 4.78 is 38.2. The first kappa shape index (κ1) is 16.1. The number of alkyl halides is 3. The number of aromatic nitrogens is 1. The molecule has 7 heteroatoms. The van der Waals surface area contributed by atoms with Gasteiger partial charge >= 0.3 is 6.18 Å². The number of piperidine rings is 1. The number of amides is 1. The van der Waals surface area contributed by atoms with Crippen molar-refractivity contribution in [3.63, 3.8) is 0 Å². The van der Waals surface area contributed by atoms with Gasteiger partial charge in [0.1, 0.15) is 5.69 Å². The topological polar surface area (TPSA) is 45.2 Å². The highest BCUT2D eigenvalue weighted by Gasteiger charge is 2.33. The Kier molecular flexibility index (Phi) is 4.46. The smallest absolute Gasteiger partial charge is 0.371 e. The second-order valence-corrected chi connectivity index (χ2v) is 6.29. The standard InChI is InChI=1S/C16H20F3N3O/c17-16(18,19)14-10-13(4-7-20-14)22-8-5-12(6-9-22)21-15(23)11-2-1-3-11/h4,7,10-12H,1-3,5-6,8-9H2,(H,21,23). The lowest BCUT2D eigenvalue weighted by atomic mass is 9.84. The average Bonchev–Trinajstić information content (AvgIpc) is 2.45. The molecule has 0 bridgehead atoms. The minimum atomic E-state index is -4.43. The maximum atomic E-state index is 12.7. The van der Waals surface area contributed by atoms with E-state index in [4.69, 9.17) is 0 Å². The van der Waals surface area contributed by atoms with E-state index in [-0.39, 0.29) is 17.9 Å². The molecule has 23 heavy (non-hydrogen) atoms. The van der Waals surface area contributed by atoms with Gasteiger partial charge in [0.05, 0.1) is 0 Å². The maximum absolute atomic E-state index is 12.7. The first-order chi connectivity index (χ1) is 10.9. The summed E-state index contributed by atoms with van der Waals surface area (Å²) in [4.78, 5) is 17.2. The molecule has 1 N–H and O–H groups in total. The quantitative estimate of drug-likeness (QED) is 0.928. The zero-order chi connectivity index (χ0) is 16.4. The number of anilines is 1. The number of hydrogen-bond acceptors (Lipinski definition) is 3. The van der Waals surface area contributed by atoms with E-state index in [1.165, 1.54) is 6.20 Å². The molecule has 2 heterocycles. The molecule has 1 saturated carbocycles. The lowest BCUT2D eigenvalue weighted by Crippen LogP contribution is -2.47. The van der Waals surface area contributed by atoms with E-state index in [2.05, 4.69) is 10.3 Å². The molecule has 126 valence electrons. The fraction of sp³-hybridized carbons (Fsp3) is 0.625. The molecular weight excluding hydrogens is 307 g/mol. The van der Waals surface area contributed by atoms with E-state index in [1.54, 1.807) is 6.07 Å². The molecule has 1 aliphatic carbocycles. The molecule has 1 saturated heterocycles. The number of nitrogens with one attached hydrogen (secondary N) is 1. The zero-order valence-electron chi connectivity index (χ0n) is 12.8. The van der Waals surface area contributed by atoms with Crippen LogP contribution in [0.5, 0.6) is 0 Å². The summed E-state index contributed by atoms with van der Waals surface area (Å²) >= 11 is 0. The van der Waals surface area contributed by atoms with E-state index < -0.39 is 11.9 Å². The molecule has 0 aromatic carbocycles. The molecule has 1 amide bonds. The number of carbonyl (C=O) groups excluding carboxylic acids is 1. The second-order valence-electron chi connectivity index (χ2n) is 6.29. The van der Waals surface area contributed by atoms with Crippen LogP contribution in [0.25, 0.3) is 0 Å². The third kappa shape index (κ3) is 3.76. The molecule has 3 rings (SSSR count). The molecule has 1 aliphatic heterocycles. The van der Waals surface area contributed by atoms with Crippen LogP contribution in [0.3, 0.4) is 0 Å². The number of hydrogen-bond donors (Lipinski definition) is 1. The Labute approximate surface area is 133 Å². The highest BCUT2D eigenvalue weighted by atomic mass is 19.4. The summed E-state index contributed by atoms with van der Waals surface area (Å²) in [5.41, 5.74) is -0.327. The Morgan fingerprint density at radius 3 is 2.48 bits per heavy atom. The van der Waals surface area contributed by atoms with Crippen LogP contribution in [0.1, 0.15) is 37.8 Å². The van der Waals surface area contributed by atoms with E-state index >= 15 is 0 Å². The fourth-order valence-corrected chi connectivity index (χ4v) is 3.04. The molecule has 1 aromatic rings. The summed E-state index contributed by atoms with van der Waals surface area (Å²) in [7, 11) is 0. The van der Waals surface area contributed by atoms with Crippen molar-refractivity contribution in [2.75, 3.05) is 18.0 Å². The Hall–Kier alpha value is -1.79. The highest BCUT2D eigenvalue weighted by Crippen LogP contribution is 2.31. The van der Waals surface area contributed by atoms with Crippen LogP contribution in [-0.4, -0.2) is 30.0 Å². The number of nitrogens with zero attached hydrogens (tertiary/aromatic N) is 2. The monoisotopic (exact) mass is 327 g/mol. The van der Waals surface area contributed by atoms with Gasteiger partial charge in [-0.2, -0.15) is 13.2 Å². The van der Waals surface area contributed by atoms with Gasteiger partial charge in [0.25, 0.3) is 0 Å². The van der Waals surface area contributed by atoms with Gasteiger partial charge < -0.3 is 10.2 Å². The Bertz CT molecular complexity index is 564. The van der Waals surface area contributed by atoms with Gasteiger partial charge in [-0.3, -0.25) is 9.78 Å². The molecule has 2 aliphatic rings. The number of halogens is 3. The molecule has 0 unspecified atom stereocenters. The van der Waals surface area contributed by atoms with Crippen molar-refractivity contribution in [1.82, 2.24) is 10.3 Å². The van der Waals surface area contributed by atoms with Crippen LogP contribution in [0.4, 0.5) is 18.9 Å². The molecule has 2 fully saturated rings. The fourth-order valence-electron chi connectivity index (χ4n) is 3.04. The minimum absolute atomic E-state index is 0.128. The molecule has 0 spiro atoms. The lowest BCUT2D eigenvalue weighted by molar-refractivity contribution is -0.141. The van der Waals surface area contributed by atoms with Crippen LogP contribution in [0.15, 0.2) is 18.3 Å². The van der Waals surface area contributed by atoms with Gasteiger partial charge in [-0.05, 0) is 37.8 Å². The third-order valence-corrected chi connectivity index (χ3v) is 4.72.